The molecular formula is C27H45FN5O11P. The van der Waals surface area contributed by atoms with Gasteiger partial charge < -0.3 is 40.7 Å². The zero-order chi connectivity index (χ0) is 34.5. The molecule has 0 saturated carbocycles. The molecule has 2 atom stereocenters. The van der Waals surface area contributed by atoms with E-state index in [1.807, 2.05) is 0 Å². The molecule has 0 radical (unpaired) electrons. The Bertz CT molecular complexity index is 990. The Morgan fingerprint density at radius 3 is 2.09 bits per heavy atom. The Morgan fingerprint density at radius 2 is 1.58 bits per heavy atom. The maximum absolute atomic E-state index is 12.5. The number of nitrogens with one attached hydrogen (secondary N) is 3. The van der Waals surface area contributed by atoms with Gasteiger partial charge in [0, 0.05) is 38.5 Å². The van der Waals surface area contributed by atoms with E-state index in [-0.39, 0.29) is 43.9 Å². The van der Waals surface area contributed by atoms with Crippen molar-refractivity contribution in [1.82, 2.24) is 20.9 Å². The Labute approximate surface area is 262 Å². The van der Waals surface area contributed by atoms with Crippen molar-refractivity contribution in [3.05, 3.63) is 29.8 Å². The number of unbranched alkanes of at least 4 members (excludes halogenated alkanes) is 4. The van der Waals surface area contributed by atoms with Crippen LogP contribution in [0.4, 0.5) is 4.39 Å². The van der Waals surface area contributed by atoms with Crippen LogP contribution in [0, 0.1) is 5.95 Å². The first-order valence-corrected chi connectivity index (χ1v) is 15.5. The summed E-state index contributed by atoms with van der Waals surface area (Å²) >= 11 is 0. The molecule has 1 heterocycles. The van der Waals surface area contributed by atoms with Crippen LogP contribution in [0.5, 0.6) is 0 Å². The standard InChI is InChI=1S/C12H17FN2O.C10H20N3O6P.C5H8O4/c1-2-3-4-5-8-14-12(16)10-6-7-11(13)15-9-10;11-20(18)19-6-2-1-5-12-9(15)4-3-8(10(16)17)13-7-14;6-4(7)2-1-3-5(8)9/h6-7,9H,2-5,8H2,1H3,(H,14,16);7-8,18H,1-6,11H2,(H,12,15)(H,13,14)(H,16,17);1-3H2,(H,6,7)(H,8,9). The fraction of sp³-hybridized carbons (Fsp3) is 0.593. The minimum atomic E-state index is -1.84. The average molecular weight is 666 g/mol. The largest absolute Gasteiger partial charge is 0.481 e. The first kappa shape index (κ1) is 43.3. The zero-order valence-corrected chi connectivity index (χ0v) is 26.2. The fourth-order valence-corrected chi connectivity index (χ4v) is 3.41. The molecule has 0 aliphatic carbocycles. The number of rotatable bonds is 22. The van der Waals surface area contributed by atoms with Gasteiger partial charge in [-0.25, -0.2) is 9.78 Å². The van der Waals surface area contributed by atoms with Gasteiger partial charge in [0.05, 0.1) is 12.2 Å². The van der Waals surface area contributed by atoms with Crippen molar-refractivity contribution in [2.45, 2.75) is 83.6 Å². The molecule has 2 unspecified atom stereocenters. The van der Waals surface area contributed by atoms with Crippen molar-refractivity contribution in [1.29, 1.82) is 0 Å². The van der Waals surface area contributed by atoms with Gasteiger partial charge in [0.25, 0.3) is 5.91 Å². The average Bonchev–Trinajstić information content (AvgIpc) is 2.97. The van der Waals surface area contributed by atoms with E-state index in [0.29, 0.717) is 44.5 Å². The van der Waals surface area contributed by atoms with Gasteiger partial charge in [-0.15, -0.1) is 0 Å². The SMILES string of the molecule is CCCCCCNC(=O)c1ccc(F)nc1.NP(O)OCCCCNC(=O)CCC(NC=O)C(=O)O.O=C(O)CCCC(=O)O. The van der Waals surface area contributed by atoms with Crippen LogP contribution in [-0.2, 0) is 28.5 Å². The quantitative estimate of drug-likeness (QED) is 0.0381. The summed E-state index contributed by atoms with van der Waals surface area (Å²) in [5.41, 5.74) is 5.42. The van der Waals surface area contributed by atoms with Crippen LogP contribution in [0.25, 0.3) is 0 Å². The Balaban J connectivity index is 0. The molecule has 256 valence electrons. The summed E-state index contributed by atoms with van der Waals surface area (Å²) in [7, 11) is -1.84. The number of hydrogen-bond donors (Lipinski definition) is 8. The lowest BCUT2D eigenvalue weighted by Gasteiger charge is -2.11. The van der Waals surface area contributed by atoms with Gasteiger partial charge in [-0.05, 0) is 44.2 Å². The molecular weight excluding hydrogens is 620 g/mol. The third kappa shape index (κ3) is 30.0. The molecule has 0 fully saturated rings. The Morgan fingerprint density at radius 1 is 0.956 bits per heavy atom. The van der Waals surface area contributed by atoms with Crippen molar-refractivity contribution in [2.75, 3.05) is 19.7 Å². The topological polar surface area (TPSA) is 268 Å². The molecule has 16 nitrogen and oxygen atoms in total. The number of aromatic nitrogens is 1. The first-order valence-electron chi connectivity index (χ1n) is 14.2. The van der Waals surface area contributed by atoms with Crippen molar-refractivity contribution in [3.8, 4) is 0 Å². The highest BCUT2D eigenvalue weighted by atomic mass is 31.2. The molecule has 45 heavy (non-hydrogen) atoms. The number of carbonyl (C=O) groups is 6. The van der Waals surface area contributed by atoms with Gasteiger partial charge >= 0.3 is 17.9 Å². The van der Waals surface area contributed by atoms with Gasteiger partial charge in [0.2, 0.25) is 26.8 Å². The van der Waals surface area contributed by atoms with Gasteiger partial charge in [-0.3, -0.25) is 29.5 Å². The number of nitrogens with two attached hydrogens (primary N) is 1. The fourth-order valence-electron chi connectivity index (χ4n) is 3.09. The monoisotopic (exact) mass is 665 g/mol. The number of carboxylic acid groups (broad SMARTS) is 3. The smallest absolute Gasteiger partial charge is 0.326 e. The number of amides is 3. The number of pyridine rings is 1. The molecule has 0 aliphatic heterocycles. The maximum atomic E-state index is 12.5. The summed E-state index contributed by atoms with van der Waals surface area (Å²) in [6.07, 6.45) is 7.44. The molecule has 0 saturated heterocycles. The molecule has 3 amide bonds. The second kappa shape index (κ2) is 29.0. The summed E-state index contributed by atoms with van der Waals surface area (Å²) < 4.78 is 17.3. The van der Waals surface area contributed by atoms with Crippen LogP contribution in [0.1, 0.15) is 87.9 Å². The van der Waals surface area contributed by atoms with E-state index in [4.69, 9.17) is 30.2 Å². The number of hydrogen-bond acceptors (Lipinski definition) is 10. The highest BCUT2D eigenvalue weighted by molar-refractivity contribution is 7.43. The third-order valence-corrected chi connectivity index (χ3v) is 5.88. The molecule has 1 aromatic rings. The van der Waals surface area contributed by atoms with E-state index in [2.05, 4.69) is 27.9 Å². The molecule has 9 N–H and O–H groups in total. The van der Waals surface area contributed by atoms with Crippen molar-refractivity contribution < 1.29 is 57.9 Å². The highest BCUT2D eigenvalue weighted by Crippen LogP contribution is 2.19. The lowest BCUT2D eigenvalue weighted by molar-refractivity contribution is -0.141. The third-order valence-electron chi connectivity index (χ3n) is 5.43. The minimum absolute atomic E-state index is 0.0129. The summed E-state index contributed by atoms with van der Waals surface area (Å²) in [5, 5.41) is 32.3. The van der Waals surface area contributed by atoms with Gasteiger partial charge in [-0.2, -0.15) is 4.39 Å². The molecule has 0 aliphatic rings. The molecule has 18 heteroatoms. The van der Waals surface area contributed by atoms with Gasteiger partial charge in [0.1, 0.15) is 6.04 Å². The molecule has 0 bridgehead atoms. The number of nitrogens with zero attached hydrogens (tertiary/aromatic N) is 1. The van der Waals surface area contributed by atoms with E-state index in [0.717, 1.165) is 12.8 Å². The summed E-state index contributed by atoms with van der Waals surface area (Å²) in [6, 6.07) is 1.57. The first-order chi connectivity index (χ1) is 21.3. The van der Waals surface area contributed by atoms with E-state index in [1.54, 1.807) is 0 Å². The van der Waals surface area contributed by atoms with E-state index in [9.17, 15) is 33.2 Å². The summed E-state index contributed by atoms with van der Waals surface area (Å²) in [6.45, 7) is 3.55. The van der Waals surface area contributed by atoms with Crippen molar-refractivity contribution in [3.63, 3.8) is 0 Å². The van der Waals surface area contributed by atoms with Crippen LogP contribution < -0.4 is 21.5 Å². The number of carboxylic acids is 3. The number of aliphatic carboxylic acids is 3. The number of carbonyl (C=O) groups excluding carboxylic acids is 3. The summed E-state index contributed by atoms with van der Waals surface area (Å²) in [4.78, 5) is 75.5. The second-order valence-corrected chi connectivity index (χ2v) is 10.1. The van der Waals surface area contributed by atoms with Crippen molar-refractivity contribution >= 4 is 44.7 Å². The van der Waals surface area contributed by atoms with E-state index >= 15 is 0 Å². The molecule has 0 aromatic carbocycles. The molecule has 0 spiro atoms. The minimum Gasteiger partial charge on any atom is -0.481 e. The van der Waals surface area contributed by atoms with E-state index < -0.39 is 38.4 Å². The second-order valence-electron chi connectivity index (χ2n) is 9.23. The van der Waals surface area contributed by atoms with Crippen LogP contribution in [0.2, 0.25) is 0 Å². The van der Waals surface area contributed by atoms with Crippen LogP contribution in [0.3, 0.4) is 0 Å². The van der Waals surface area contributed by atoms with E-state index in [1.165, 1.54) is 31.2 Å². The van der Waals surface area contributed by atoms with Gasteiger partial charge in [0.15, 0.2) is 0 Å². The van der Waals surface area contributed by atoms with Crippen LogP contribution >= 0.6 is 8.53 Å². The maximum Gasteiger partial charge on any atom is 0.326 e. The van der Waals surface area contributed by atoms with Gasteiger partial charge in [-0.1, -0.05) is 26.2 Å². The normalized spacial score (nSPS) is 11.3. The predicted octanol–water partition coefficient (Wildman–Crippen LogP) is 1.91. The molecule has 1 aromatic heterocycles. The Hall–Kier alpha value is -3.79. The van der Waals surface area contributed by atoms with Crippen LogP contribution in [-0.4, -0.2) is 87.1 Å². The molecule has 1 rings (SSSR count). The zero-order valence-electron chi connectivity index (χ0n) is 25.3. The van der Waals surface area contributed by atoms with Crippen LogP contribution in [0.15, 0.2) is 18.3 Å². The lowest BCUT2D eigenvalue weighted by Crippen LogP contribution is -2.37. The Kier molecular flexibility index (Phi) is 27.9. The lowest BCUT2D eigenvalue weighted by atomic mass is 10.1. The number of halogens is 1. The van der Waals surface area contributed by atoms with Crippen molar-refractivity contribution in [2.24, 2.45) is 5.50 Å². The highest BCUT2D eigenvalue weighted by Gasteiger charge is 2.17. The predicted molar refractivity (Wildman–Crippen MR) is 161 cm³/mol. The summed E-state index contributed by atoms with van der Waals surface area (Å²) in [5.74, 6) is -4.12.